The third-order valence-electron chi connectivity index (χ3n) is 5.60. The van der Waals surface area contributed by atoms with Crippen LogP contribution >= 0.6 is 0 Å². The Morgan fingerprint density at radius 3 is 2.63 bits per heavy atom. The van der Waals surface area contributed by atoms with Crippen LogP contribution in [0.25, 0.3) is 0 Å². The number of aromatic hydroxyl groups is 1. The molecule has 38 heavy (non-hydrogen) atoms. The number of nitrogens with one attached hydrogen (secondary N) is 4. The fraction of sp³-hybridized carbons (Fsp3) is 0.375. The van der Waals surface area contributed by atoms with E-state index in [1.807, 2.05) is 0 Å². The number of carbonyl (C=O) groups is 3. The number of anilines is 2. The van der Waals surface area contributed by atoms with E-state index in [2.05, 4.69) is 30.9 Å². The number of nitrogen functional groups attached to an aromatic ring is 1. The summed E-state index contributed by atoms with van der Waals surface area (Å²) in [5.41, 5.74) is 6.50. The van der Waals surface area contributed by atoms with Gasteiger partial charge in [-0.25, -0.2) is 4.79 Å². The zero-order valence-corrected chi connectivity index (χ0v) is 20.5. The van der Waals surface area contributed by atoms with Gasteiger partial charge in [-0.15, -0.1) is 13.2 Å². The maximum absolute atomic E-state index is 12.4. The molecule has 1 aliphatic rings. The number of ether oxygens (including phenoxy) is 1. The number of halogens is 3. The first-order chi connectivity index (χ1) is 17.9. The SMILES string of the molecule is CCNC(=O)Nc1cc(CN2CC[C@@H](NC(=O)CNC(=O)c3cc(OC(F)(F)F)ccc3N)C2)ccc1O. The highest BCUT2D eigenvalue weighted by atomic mass is 19.4. The van der Waals surface area contributed by atoms with Gasteiger partial charge >= 0.3 is 12.4 Å². The highest BCUT2D eigenvalue weighted by Crippen LogP contribution is 2.27. The van der Waals surface area contributed by atoms with Crippen LogP contribution in [0.5, 0.6) is 11.5 Å². The molecule has 0 aromatic heterocycles. The first-order valence-corrected chi connectivity index (χ1v) is 11.8. The van der Waals surface area contributed by atoms with Crippen LogP contribution < -0.4 is 31.7 Å². The van der Waals surface area contributed by atoms with Crippen LogP contribution in [-0.4, -0.2) is 66.4 Å². The molecule has 1 heterocycles. The molecule has 14 heteroatoms. The van der Waals surface area contributed by atoms with Gasteiger partial charge in [-0.2, -0.15) is 0 Å². The first-order valence-electron chi connectivity index (χ1n) is 11.8. The van der Waals surface area contributed by atoms with Gasteiger partial charge in [0, 0.05) is 37.9 Å². The van der Waals surface area contributed by atoms with Crippen molar-refractivity contribution in [1.29, 1.82) is 0 Å². The van der Waals surface area contributed by atoms with E-state index in [0.717, 1.165) is 23.8 Å². The lowest BCUT2D eigenvalue weighted by molar-refractivity contribution is -0.274. The van der Waals surface area contributed by atoms with Gasteiger partial charge in [-0.05, 0) is 49.2 Å². The molecule has 0 spiro atoms. The Hall–Kier alpha value is -4.20. The average molecular weight is 539 g/mol. The zero-order valence-electron chi connectivity index (χ0n) is 20.5. The maximum atomic E-state index is 12.4. The second-order valence-electron chi connectivity index (χ2n) is 8.60. The highest BCUT2D eigenvalue weighted by Gasteiger charge is 2.31. The summed E-state index contributed by atoms with van der Waals surface area (Å²) in [7, 11) is 0. The molecule has 11 nitrogen and oxygen atoms in total. The summed E-state index contributed by atoms with van der Waals surface area (Å²) in [6.45, 7) is 3.55. The van der Waals surface area contributed by atoms with Crippen molar-refractivity contribution in [3.63, 3.8) is 0 Å². The van der Waals surface area contributed by atoms with Crippen LogP contribution in [0.4, 0.5) is 29.3 Å². The fourth-order valence-electron chi connectivity index (χ4n) is 3.92. The van der Waals surface area contributed by atoms with E-state index in [1.54, 1.807) is 19.1 Å². The molecule has 0 bridgehead atoms. The third-order valence-corrected chi connectivity index (χ3v) is 5.60. The van der Waals surface area contributed by atoms with Crippen molar-refractivity contribution < 1.29 is 37.4 Å². The second kappa shape index (κ2) is 12.4. The molecule has 7 N–H and O–H groups in total. The van der Waals surface area contributed by atoms with Crippen molar-refractivity contribution in [2.45, 2.75) is 32.3 Å². The summed E-state index contributed by atoms with van der Waals surface area (Å²) in [6, 6.07) is 7.23. The van der Waals surface area contributed by atoms with Crippen molar-refractivity contribution in [2.24, 2.45) is 0 Å². The van der Waals surface area contributed by atoms with Crippen molar-refractivity contribution in [2.75, 3.05) is 37.2 Å². The lowest BCUT2D eigenvalue weighted by Gasteiger charge is -2.18. The summed E-state index contributed by atoms with van der Waals surface area (Å²) in [6.07, 6.45) is -4.27. The Balaban J connectivity index is 1.48. The van der Waals surface area contributed by atoms with Gasteiger partial charge in [0.05, 0.1) is 17.8 Å². The number of urea groups is 1. The van der Waals surface area contributed by atoms with Crippen LogP contribution in [-0.2, 0) is 11.3 Å². The number of phenolic OH excluding ortho intramolecular Hbond substituents is 1. The zero-order chi connectivity index (χ0) is 27.9. The van der Waals surface area contributed by atoms with Crippen molar-refractivity contribution in [3.8, 4) is 11.5 Å². The Morgan fingerprint density at radius 1 is 1.16 bits per heavy atom. The summed E-state index contributed by atoms with van der Waals surface area (Å²) >= 11 is 0. The molecule has 0 aliphatic carbocycles. The van der Waals surface area contributed by atoms with Crippen LogP contribution in [0.1, 0.15) is 29.3 Å². The van der Waals surface area contributed by atoms with E-state index in [4.69, 9.17) is 5.73 Å². The topological polar surface area (TPSA) is 158 Å². The van der Waals surface area contributed by atoms with Crippen LogP contribution in [0.2, 0.25) is 0 Å². The van der Waals surface area contributed by atoms with Crippen LogP contribution in [0, 0.1) is 0 Å². The number of nitrogens with zero attached hydrogens (tertiary/aromatic N) is 1. The average Bonchev–Trinajstić information content (AvgIpc) is 3.26. The number of amides is 4. The molecule has 4 amide bonds. The van der Waals surface area contributed by atoms with Crippen molar-refractivity contribution in [3.05, 3.63) is 47.5 Å². The Morgan fingerprint density at radius 2 is 1.92 bits per heavy atom. The van der Waals surface area contributed by atoms with Gasteiger partial charge in [-0.1, -0.05) is 6.07 Å². The van der Waals surface area contributed by atoms with Gasteiger partial charge in [-0.3, -0.25) is 14.5 Å². The number of likely N-dealkylation sites (tertiary alicyclic amines) is 1. The molecular formula is C24H29F3N6O5. The lowest BCUT2D eigenvalue weighted by Crippen LogP contribution is -2.43. The van der Waals surface area contributed by atoms with E-state index < -0.39 is 36.5 Å². The molecule has 1 fully saturated rings. The van der Waals surface area contributed by atoms with Crippen LogP contribution in [0.15, 0.2) is 36.4 Å². The van der Waals surface area contributed by atoms with E-state index in [9.17, 15) is 32.7 Å². The number of nitrogens with two attached hydrogens (primary N) is 1. The van der Waals surface area contributed by atoms with Gasteiger partial charge < -0.3 is 36.8 Å². The van der Waals surface area contributed by atoms with E-state index >= 15 is 0 Å². The number of alkyl halides is 3. The number of rotatable bonds is 9. The Kier molecular flexibility index (Phi) is 9.23. The predicted octanol–water partition coefficient (Wildman–Crippen LogP) is 2.13. The van der Waals surface area contributed by atoms with Crippen molar-refractivity contribution in [1.82, 2.24) is 20.9 Å². The predicted molar refractivity (Wildman–Crippen MR) is 132 cm³/mol. The van der Waals surface area contributed by atoms with Crippen LogP contribution in [0.3, 0.4) is 0 Å². The second-order valence-corrected chi connectivity index (χ2v) is 8.60. The quantitative estimate of drug-likeness (QED) is 0.211. The molecule has 206 valence electrons. The summed E-state index contributed by atoms with van der Waals surface area (Å²) < 4.78 is 41.1. The summed E-state index contributed by atoms with van der Waals surface area (Å²) in [4.78, 5) is 38.6. The molecule has 1 aliphatic heterocycles. The van der Waals surface area contributed by atoms with E-state index in [0.29, 0.717) is 32.6 Å². The minimum absolute atomic E-state index is 0.0602. The van der Waals surface area contributed by atoms with Crippen molar-refractivity contribution >= 4 is 29.2 Å². The van der Waals surface area contributed by atoms with Gasteiger partial charge in [0.15, 0.2) is 0 Å². The summed E-state index contributed by atoms with van der Waals surface area (Å²) in [5.74, 6) is -1.95. The van der Waals surface area contributed by atoms with E-state index in [-0.39, 0.29) is 28.7 Å². The molecule has 3 rings (SSSR count). The first kappa shape index (κ1) is 28.4. The summed E-state index contributed by atoms with van der Waals surface area (Å²) in [5, 5.41) is 20.3. The Bertz CT molecular complexity index is 1180. The maximum Gasteiger partial charge on any atom is 0.573 e. The number of carbonyl (C=O) groups excluding carboxylic acids is 3. The third kappa shape index (κ3) is 8.44. The molecule has 1 saturated heterocycles. The molecule has 0 saturated carbocycles. The van der Waals surface area contributed by atoms with Gasteiger partial charge in [0.25, 0.3) is 5.91 Å². The molecule has 0 radical (unpaired) electrons. The van der Waals surface area contributed by atoms with E-state index in [1.165, 1.54) is 6.07 Å². The largest absolute Gasteiger partial charge is 0.573 e. The normalized spacial score (nSPS) is 15.5. The van der Waals surface area contributed by atoms with Gasteiger partial charge in [0.1, 0.15) is 11.5 Å². The fourth-order valence-corrected chi connectivity index (χ4v) is 3.92. The molecule has 0 unspecified atom stereocenters. The highest BCUT2D eigenvalue weighted by molar-refractivity contribution is 6.01. The minimum Gasteiger partial charge on any atom is -0.506 e. The minimum atomic E-state index is -4.93. The number of hydrogen-bond acceptors (Lipinski definition) is 7. The number of phenols is 1. The number of hydrogen-bond donors (Lipinski definition) is 6. The smallest absolute Gasteiger partial charge is 0.506 e. The molecule has 2 aromatic rings. The monoisotopic (exact) mass is 538 g/mol. The standard InChI is InChI=1S/C24H29F3N6O5/c1-2-29-23(37)32-19-9-14(3-6-20(19)34)12-33-8-7-15(13-33)31-21(35)11-30-22(36)17-10-16(4-5-18(17)28)38-24(25,26)27/h3-6,9-10,15,34H,2,7-8,11-13,28H2,1H3,(H,30,36)(H,31,35)(H2,29,32,37)/t15-/m1/s1. The lowest BCUT2D eigenvalue weighted by atomic mass is 10.1. The Labute approximate surface area is 216 Å². The van der Waals surface area contributed by atoms with Gasteiger partial charge in [0.2, 0.25) is 5.91 Å². The molecule has 2 aromatic carbocycles. The molecular weight excluding hydrogens is 509 g/mol. The number of benzene rings is 2. The molecule has 1 atom stereocenters.